The van der Waals surface area contributed by atoms with E-state index in [9.17, 15) is 60.0 Å². The van der Waals surface area contributed by atoms with Crippen molar-refractivity contribution >= 4 is 23.9 Å². The Balaban J connectivity index is 5.58. The van der Waals surface area contributed by atoms with Crippen molar-refractivity contribution in [3.05, 3.63) is 0 Å². The minimum Gasteiger partial charge on any atom is -0.478 e. The van der Waals surface area contributed by atoms with Gasteiger partial charge in [-0.1, -0.05) is 0 Å². The van der Waals surface area contributed by atoms with Crippen LogP contribution in [-0.2, 0) is 28.7 Å². The molecular weight excluding hydrogens is 480 g/mol. The van der Waals surface area contributed by atoms with E-state index in [0.717, 1.165) is 0 Å². The van der Waals surface area contributed by atoms with Gasteiger partial charge in [0.2, 0.25) is 12.2 Å². The zero-order chi connectivity index (χ0) is 26.9. The van der Waals surface area contributed by atoms with Crippen molar-refractivity contribution < 1.29 is 89.9 Å². The normalized spacial score (nSPS) is 20.4. The summed E-state index contributed by atoms with van der Waals surface area (Å²) < 4.78 is 8.40. The highest BCUT2D eigenvalue weighted by atomic mass is 16.6. The Labute approximate surface area is 189 Å². The van der Waals surface area contributed by atoms with Crippen LogP contribution in [0.25, 0.3) is 0 Å². The molecule has 0 aromatic carbocycles. The van der Waals surface area contributed by atoms with Gasteiger partial charge in [0.1, 0.15) is 36.6 Å². The van der Waals surface area contributed by atoms with Crippen molar-refractivity contribution in [2.75, 3.05) is 13.2 Å². The van der Waals surface area contributed by atoms with Gasteiger partial charge in [0.25, 0.3) is 0 Å². The van der Waals surface area contributed by atoms with Gasteiger partial charge in [-0.15, -0.1) is 0 Å². The van der Waals surface area contributed by atoms with Crippen LogP contribution in [0, 0.1) is 0 Å². The third-order valence-corrected chi connectivity index (χ3v) is 4.24. The molecule has 18 nitrogen and oxygen atoms in total. The molecule has 0 saturated heterocycles. The maximum Gasteiger partial charge on any atom is 0.349 e. The van der Waals surface area contributed by atoms with E-state index in [1.54, 1.807) is 0 Å². The number of carbonyl (C=O) groups excluding carboxylic acids is 2. The van der Waals surface area contributed by atoms with E-state index in [2.05, 4.69) is 9.47 Å². The largest absolute Gasteiger partial charge is 0.478 e. The summed E-state index contributed by atoms with van der Waals surface area (Å²) in [5.74, 6) is -8.77. The number of aliphatic hydroxyl groups is 10. The number of aliphatic carboxylic acids is 2. The van der Waals surface area contributed by atoms with Gasteiger partial charge in [0, 0.05) is 0 Å². The van der Waals surface area contributed by atoms with E-state index in [1.807, 2.05) is 0 Å². The molecule has 34 heavy (non-hydrogen) atoms. The SMILES string of the molecule is O=C(O)C(OC(=O)[C@H](O)[C@@H](O)[C@H](O)[C@H](O)CO)C(OC(=O)[C@H](O)[C@@H](O)[C@H](O)[C@H](O)CO)C(=O)O. The average molecular weight is 506 g/mol. The number of hydrogen-bond acceptors (Lipinski definition) is 16. The molecule has 0 aliphatic heterocycles. The summed E-state index contributed by atoms with van der Waals surface area (Å²) in [5.41, 5.74) is 0. The molecule has 2 unspecified atom stereocenters. The van der Waals surface area contributed by atoms with Crippen LogP contribution in [0.4, 0.5) is 0 Å². The highest BCUT2D eigenvalue weighted by molar-refractivity contribution is 5.89. The molecule has 12 N–H and O–H groups in total. The number of carboxylic acids is 2. The predicted molar refractivity (Wildman–Crippen MR) is 97.3 cm³/mol. The molecule has 0 amide bonds. The molecule has 0 rings (SSSR count). The van der Waals surface area contributed by atoms with Gasteiger partial charge in [0.15, 0.2) is 12.2 Å². The molecule has 198 valence electrons. The molecule has 0 bridgehead atoms. The van der Waals surface area contributed by atoms with Crippen molar-refractivity contribution in [2.24, 2.45) is 0 Å². The molecule has 0 spiro atoms. The maximum absolute atomic E-state index is 11.9. The fraction of sp³-hybridized carbons (Fsp3) is 0.750. The smallest absolute Gasteiger partial charge is 0.349 e. The predicted octanol–water partition coefficient (Wildman–Crippen LogP) is -8.15. The Morgan fingerprint density at radius 3 is 1.00 bits per heavy atom. The standard InChI is InChI=1S/C16H26O18/c17-1-3(19)5(21)7(23)9(25)15(31)33-11(13(27)28)12(14(29)30)34-16(32)10(26)8(24)6(22)4(20)2-18/h3-12,17-26H,1-2H2,(H,27,28)(H,29,30)/t3-,4-,5-,6-,7+,8+,9-,10-,11?,12?/m1/s1. The first kappa shape index (κ1) is 31.5. The van der Waals surface area contributed by atoms with E-state index in [1.165, 1.54) is 0 Å². The summed E-state index contributed by atoms with van der Waals surface area (Å²) in [7, 11) is 0. The Morgan fingerprint density at radius 1 is 0.529 bits per heavy atom. The summed E-state index contributed by atoms with van der Waals surface area (Å²) in [6, 6.07) is 0. The summed E-state index contributed by atoms with van der Waals surface area (Å²) >= 11 is 0. The fourth-order valence-electron chi connectivity index (χ4n) is 2.20. The van der Waals surface area contributed by atoms with Gasteiger partial charge < -0.3 is 70.8 Å². The second-order valence-electron chi connectivity index (χ2n) is 6.74. The Hall–Kier alpha value is -2.52. The Bertz CT molecular complexity index is 639. The van der Waals surface area contributed by atoms with E-state index in [4.69, 9.17) is 20.4 Å². The second-order valence-corrected chi connectivity index (χ2v) is 6.74. The summed E-state index contributed by atoms with van der Waals surface area (Å²) in [6.07, 6.45) is -25.4. The molecule has 0 aromatic rings. The van der Waals surface area contributed by atoms with Gasteiger partial charge in [0.05, 0.1) is 13.2 Å². The first-order valence-corrected chi connectivity index (χ1v) is 9.15. The first-order valence-electron chi connectivity index (χ1n) is 9.15. The maximum atomic E-state index is 11.9. The lowest BCUT2D eigenvalue weighted by atomic mass is 10.0. The second kappa shape index (κ2) is 14.0. The van der Waals surface area contributed by atoms with E-state index < -0.39 is 98.1 Å². The monoisotopic (exact) mass is 506 g/mol. The number of carbonyl (C=O) groups is 4. The molecule has 10 atom stereocenters. The molecular formula is C16H26O18. The highest BCUT2D eigenvalue weighted by Crippen LogP contribution is 2.14. The summed E-state index contributed by atoms with van der Waals surface area (Å²) in [6.45, 7) is -2.26. The third-order valence-electron chi connectivity index (χ3n) is 4.24. The van der Waals surface area contributed by atoms with Gasteiger partial charge in [-0.3, -0.25) is 0 Å². The molecule has 0 saturated carbocycles. The van der Waals surface area contributed by atoms with Gasteiger partial charge in [-0.05, 0) is 0 Å². The van der Waals surface area contributed by atoms with Crippen LogP contribution in [0.15, 0.2) is 0 Å². The molecule has 0 aliphatic carbocycles. The zero-order valence-electron chi connectivity index (χ0n) is 17.0. The molecule has 0 radical (unpaired) electrons. The van der Waals surface area contributed by atoms with Gasteiger partial charge in [-0.25, -0.2) is 19.2 Å². The number of ether oxygens (including phenoxy) is 2. The quantitative estimate of drug-likeness (QED) is 0.0917. The molecule has 18 heteroatoms. The van der Waals surface area contributed by atoms with Crippen LogP contribution in [0.5, 0.6) is 0 Å². The Kier molecular flexibility index (Phi) is 13.0. The third kappa shape index (κ3) is 8.36. The van der Waals surface area contributed by atoms with Crippen LogP contribution in [-0.4, -0.2) is 159 Å². The highest BCUT2D eigenvalue weighted by Gasteiger charge is 2.45. The van der Waals surface area contributed by atoms with Crippen molar-refractivity contribution in [1.82, 2.24) is 0 Å². The molecule has 0 aromatic heterocycles. The summed E-state index contributed by atoms with van der Waals surface area (Å²) in [4.78, 5) is 46.6. The van der Waals surface area contributed by atoms with Crippen LogP contribution in [0.2, 0.25) is 0 Å². The first-order chi connectivity index (χ1) is 15.6. The van der Waals surface area contributed by atoms with E-state index >= 15 is 0 Å². The lowest BCUT2D eigenvalue weighted by Gasteiger charge is -2.28. The molecule has 0 heterocycles. The minimum atomic E-state index is -2.95. The van der Waals surface area contributed by atoms with Crippen LogP contribution in [0.3, 0.4) is 0 Å². The van der Waals surface area contributed by atoms with E-state index in [-0.39, 0.29) is 0 Å². The minimum absolute atomic E-state index is 1.13. The number of rotatable bonds is 15. The van der Waals surface area contributed by atoms with Crippen LogP contribution >= 0.6 is 0 Å². The number of hydrogen-bond donors (Lipinski definition) is 12. The topological polar surface area (TPSA) is 330 Å². The van der Waals surface area contributed by atoms with Crippen molar-refractivity contribution in [2.45, 2.75) is 61.0 Å². The van der Waals surface area contributed by atoms with Gasteiger partial charge in [-0.2, -0.15) is 0 Å². The molecule has 0 fully saturated rings. The molecule has 0 aliphatic rings. The zero-order valence-corrected chi connectivity index (χ0v) is 17.0. The average Bonchev–Trinajstić information content (AvgIpc) is 2.81. The van der Waals surface area contributed by atoms with Crippen LogP contribution in [0.1, 0.15) is 0 Å². The fourth-order valence-corrected chi connectivity index (χ4v) is 2.20. The lowest BCUT2D eigenvalue weighted by molar-refractivity contribution is -0.201. The lowest BCUT2D eigenvalue weighted by Crippen LogP contribution is -2.54. The number of aliphatic hydroxyl groups excluding tert-OH is 10. The number of carboxylic acid groups (broad SMARTS) is 2. The summed E-state index contributed by atoms with van der Waals surface area (Å²) in [5, 5.41) is 112. The van der Waals surface area contributed by atoms with Gasteiger partial charge >= 0.3 is 23.9 Å². The van der Waals surface area contributed by atoms with Crippen LogP contribution < -0.4 is 0 Å². The van der Waals surface area contributed by atoms with Crippen molar-refractivity contribution in [3.63, 3.8) is 0 Å². The number of esters is 2. The van der Waals surface area contributed by atoms with Crippen molar-refractivity contribution in [3.8, 4) is 0 Å². The Morgan fingerprint density at radius 2 is 0.794 bits per heavy atom. The van der Waals surface area contributed by atoms with E-state index in [0.29, 0.717) is 0 Å². The van der Waals surface area contributed by atoms with Crippen molar-refractivity contribution in [1.29, 1.82) is 0 Å².